The van der Waals surface area contributed by atoms with E-state index in [0.717, 1.165) is 19.5 Å². The molecule has 1 rings (SSSR count). The number of hydrogen-bond donors (Lipinski definition) is 1. The Labute approximate surface area is 104 Å². The summed E-state index contributed by atoms with van der Waals surface area (Å²) in [5.74, 6) is 0. The Hall–Kier alpha value is 0.120. The zero-order chi connectivity index (χ0) is 11.3. The minimum atomic E-state index is -3.18. The second-order valence-electron chi connectivity index (χ2n) is 3.81. The van der Waals surface area contributed by atoms with Gasteiger partial charge in [0.1, 0.15) is 0 Å². The molecule has 5 nitrogen and oxygen atoms in total. The van der Waals surface area contributed by atoms with Crippen LogP contribution >= 0.6 is 12.4 Å². The van der Waals surface area contributed by atoms with Gasteiger partial charge in [-0.05, 0) is 19.9 Å². The van der Waals surface area contributed by atoms with E-state index in [1.807, 2.05) is 0 Å². The highest BCUT2D eigenvalue weighted by molar-refractivity contribution is 7.89. The summed E-state index contributed by atoms with van der Waals surface area (Å²) in [5, 5.41) is 2.73. The number of methoxy groups -OCH3 is 1. The van der Waals surface area contributed by atoms with Crippen molar-refractivity contribution in [1.82, 2.24) is 9.62 Å². The molecule has 1 aliphatic rings. The topological polar surface area (TPSA) is 58.6 Å². The highest BCUT2D eigenvalue weighted by Crippen LogP contribution is 2.10. The Morgan fingerprint density at radius 2 is 2.06 bits per heavy atom. The van der Waals surface area contributed by atoms with Gasteiger partial charge in [-0.1, -0.05) is 0 Å². The van der Waals surface area contributed by atoms with Crippen LogP contribution in [0, 0.1) is 0 Å². The first-order chi connectivity index (χ1) is 7.09. The molecule has 0 aromatic carbocycles. The molecule has 1 saturated heterocycles. The van der Waals surface area contributed by atoms with E-state index in [-0.39, 0.29) is 19.0 Å². The lowest BCUT2D eigenvalue weighted by atomic mass is 10.4. The molecule has 0 radical (unpaired) electrons. The Bertz CT molecular complexity index is 276. The smallest absolute Gasteiger partial charge is 0.219 e. The summed E-state index contributed by atoms with van der Waals surface area (Å²) in [7, 11) is -1.66. The summed E-state index contributed by atoms with van der Waals surface area (Å²) in [5.41, 5.74) is 0. The molecule has 16 heavy (non-hydrogen) atoms. The van der Waals surface area contributed by atoms with Crippen LogP contribution < -0.4 is 5.32 Å². The lowest BCUT2D eigenvalue weighted by molar-refractivity contribution is 0.198. The summed E-state index contributed by atoms with van der Waals surface area (Å²) in [4.78, 5) is 0. The van der Waals surface area contributed by atoms with Crippen LogP contribution in [0.5, 0.6) is 0 Å². The molecule has 0 aliphatic carbocycles. The van der Waals surface area contributed by atoms with Gasteiger partial charge in [-0.2, -0.15) is 0 Å². The SMILES string of the molecule is COCC(C)S(=O)(=O)N1CCCNCC1.Cl. The van der Waals surface area contributed by atoms with Crippen molar-refractivity contribution in [1.29, 1.82) is 0 Å². The summed E-state index contributed by atoms with van der Waals surface area (Å²) in [6, 6.07) is 0. The van der Waals surface area contributed by atoms with Crippen LogP contribution in [0.1, 0.15) is 13.3 Å². The van der Waals surface area contributed by atoms with Crippen LogP contribution in [0.15, 0.2) is 0 Å². The minimum absolute atomic E-state index is 0. The predicted molar refractivity (Wildman–Crippen MR) is 66.6 cm³/mol. The van der Waals surface area contributed by atoms with E-state index in [2.05, 4.69) is 5.32 Å². The first-order valence-electron chi connectivity index (χ1n) is 5.27. The van der Waals surface area contributed by atoms with E-state index in [1.54, 1.807) is 11.2 Å². The molecule has 0 aromatic heterocycles. The fourth-order valence-electron chi connectivity index (χ4n) is 1.65. The number of halogens is 1. The maximum Gasteiger partial charge on any atom is 0.219 e. The normalized spacial score (nSPS) is 20.9. The molecule has 0 amide bonds. The molecule has 1 aliphatic heterocycles. The Balaban J connectivity index is 0.00000225. The highest BCUT2D eigenvalue weighted by atomic mass is 35.5. The van der Waals surface area contributed by atoms with E-state index in [4.69, 9.17) is 4.74 Å². The van der Waals surface area contributed by atoms with Gasteiger partial charge < -0.3 is 10.1 Å². The average Bonchev–Trinajstić information content (AvgIpc) is 2.46. The lowest BCUT2D eigenvalue weighted by Crippen LogP contribution is -2.41. The summed E-state index contributed by atoms with van der Waals surface area (Å²) in [6.07, 6.45) is 0.874. The molecule has 1 N–H and O–H groups in total. The number of nitrogens with zero attached hydrogens (tertiary/aromatic N) is 1. The van der Waals surface area contributed by atoms with Gasteiger partial charge in [0.2, 0.25) is 10.0 Å². The van der Waals surface area contributed by atoms with E-state index in [9.17, 15) is 8.42 Å². The van der Waals surface area contributed by atoms with Crippen molar-refractivity contribution in [3.63, 3.8) is 0 Å². The molecule has 98 valence electrons. The monoisotopic (exact) mass is 272 g/mol. The van der Waals surface area contributed by atoms with E-state index in [1.165, 1.54) is 7.11 Å². The molecular weight excluding hydrogens is 252 g/mol. The first-order valence-corrected chi connectivity index (χ1v) is 6.78. The molecule has 1 unspecified atom stereocenters. The fourth-order valence-corrected chi connectivity index (χ4v) is 3.20. The number of sulfonamides is 1. The van der Waals surface area contributed by atoms with Crippen LogP contribution in [-0.2, 0) is 14.8 Å². The van der Waals surface area contributed by atoms with Gasteiger partial charge in [0, 0.05) is 26.7 Å². The van der Waals surface area contributed by atoms with Gasteiger partial charge in [0.25, 0.3) is 0 Å². The van der Waals surface area contributed by atoms with Crippen LogP contribution in [0.25, 0.3) is 0 Å². The second kappa shape index (κ2) is 7.45. The summed E-state index contributed by atoms with van der Waals surface area (Å²) in [6.45, 7) is 4.76. The van der Waals surface area contributed by atoms with Gasteiger partial charge in [0.15, 0.2) is 0 Å². The van der Waals surface area contributed by atoms with E-state index in [0.29, 0.717) is 13.1 Å². The van der Waals surface area contributed by atoms with Crippen molar-refractivity contribution in [2.45, 2.75) is 18.6 Å². The van der Waals surface area contributed by atoms with Crippen LogP contribution in [0.4, 0.5) is 0 Å². The fraction of sp³-hybridized carbons (Fsp3) is 1.00. The van der Waals surface area contributed by atoms with Crippen molar-refractivity contribution in [2.75, 3.05) is 39.9 Å². The van der Waals surface area contributed by atoms with Crippen molar-refractivity contribution in [3.8, 4) is 0 Å². The van der Waals surface area contributed by atoms with Gasteiger partial charge in [-0.25, -0.2) is 12.7 Å². The molecular formula is C9H21ClN2O3S. The molecule has 1 heterocycles. The van der Waals surface area contributed by atoms with Crippen molar-refractivity contribution in [2.24, 2.45) is 0 Å². The maximum absolute atomic E-state index is 12.0. The molecule has 1 fully saturated rings. The largest absolute Gasteiger partial charge is 0.383 e. The molecule has 1 atom stereocenters. The Morgan fingerprint density at radius 3 is 2.69 bits per heavy atom. The van der Waals surface area contributed by atoms with Crippen molar-refractivity contribution < 1.29 is 13.2 Å². The molecule has 0 bridgehead atoms. The third-order valence-corrected chi connectivity index (χ3v) is 4.81. The zero-order valence-electron chi connectivity index (χ0n) is 9.81. The van der Waals surface area contributed by atoms with Crippen molar-refractivity contribution >= 4 is 22.4 Å². The van der Waals surface area contributed by atoms with Gasteiger partial charge in [0.05, 0.1) is 11.9 Å². The predicted octanol–water partition coefficient (Wildman–Crippen LogP) is 0.0682. The third kappa shape index (κ3) is 4.18. The third-order valence-electron chi connectivity index (χ3n) is 2.57. The number of rotatable bonds is 4. The van der Waals surface area contributed by atoms with Crippen LogP contribution in [0.2, 0.25) is 0 Å². The van der Waals surface area contributed by atoms with Crippen LogP contribution in [0.3, 0.4) is 0 Å². The summed E-state index contributed by atoms with van der Waals surface area (Å²) < 4.78 is 30.5. The molecule has 7 heteroatoms. The summed E-state index contributed by atoms with van der Waals surface area (Å²) >= 11 is 0. The number of hydrogen-bond acceptors (Lipinski definition) is 4. The van der Waals surface area contributed by atoms with Gasteiger partial charge in [-0.3, -0.25) is 0 Å². The van der Waals surface area contributed by atoms with Gasteiger partial charge in [-0.15, -0.1) is 12.4 Å². The Morgan fingerprint density at radius 1 is 1.38 bits per heavy atom. The van der Waals surface area contributed by atoms with E-state index >= 15 is 0 Å². The van der Waals surface area contributed by atoms with E-state index < -0.39 is 15.3 Å². The average molecular weight is 273 g/mol. The second-order valence-corrected chi connectivity index (χ2v) is 6.16. The standard InChI is InChI=1S/C9H20N2O3S.ClH/c1-9(8-14-2)15(12,13)11-6-3-4-10-5-7-11;/h9-10H,3-8H2,1-2H3;1H. The maximum atomic E-state index is 12.0. The number of ether oxygens (including phenoxy) is 1. The molecule has 0 saturated carbocycles. The van der Waals surface area contributed by atoms with Crippen molar-refractivity contribution in [3.05, 3.63) is 0 Å². The minimum Gasteiger partial charge on any atom is -0.383 e. The van der Waals surface area contributed by atoms with Crippen LogP contribution in [-0.4, -0.2) is 57.9 Å². The zero-order valence-corrected chi connectivity index (χ0v) is 11.4. The first kappa shape index (κ1) is 16.1. The Kier molecular flexibility index (Phi) is 7.50. The molecule has 0 aromatic rings. The number of nitrogens with one attached hydrogen (secondary N) is 1. The molecule has 0 spiro atoms. The van der Waals surface area contributed by atoms with Gasteiger partial charge >= 0.3 is 0 Å². The quantitative estimate of drug-likeness (QED) is 0.787. The highest BCUT2D eigenvalue weighted by Gasteiger charge is 2.28. The lowest BCUT2D eigenvalue weighted by Gasteiger charge is -2.23.